The Morgan fingerprint density at radius 2 is 0.878 bits per heavy atom. The summed E-state index contributed by atoms with van der Waals surface area (Å²) in [5, 5.41) is 10.9. The zero-order valence-corrected chi connectivity index (χ0v) is 33.0. The number of carbonyl (C=O) groups excluding carboxylic acids is 2. The summed E-state index contributed by atoms with van der Waals surface area (Å²) in [4.78, 5) is 26.8. The molecule has 1 atom stereocenters. The molecule has 0 aromatic carbocycles. The van der Waals surface area contributed by atoms with Crippen molar-refractivity contribution in [1.29, 1.82) is 0 Å². The average Bonchev–Trinajstić information content (AvgIpc) is 3.09. The van der Waals surface area contributed by atoms with E-state index >= 15 is 0 Å². The van der Waals surface area contributed by atoms with Crippen LogP contribution in [0.4, 0.5) is 0 Å². The highest BCUT2D eigenvalue weighted by molar-refractivity contribution is 7.81. The number of carbonyl (C=O) groups is 2. The van der Waals surface area contributed by atoms with Crippen molar-refractivity contribution in [3.05, 3.63) is 24.3 Å². The summed E-state index contributed by atoms with van der Waals surface area (Å²) in [5.74, 6) is -0.706. The molecule has 7 nitrogen and oxygen atoms in total. The highest BCUT2D eigenvalue weighted by Crippen LogP contribution is 2.30. The lowest BCUT2D eigenvalue weighted by Crippen LogP contribution is -2.49. The van der Waals surface area contributed by atoms with E-state index in [4.69, 9.17) is 4.18 Å². The first-order valence-electron chi connectivity index (χ1n) is 20.1. The van der Waals surface area contributed by atoms with Gasteiger partial charge in [0.25, 0.3) is 0 Å². The van der Waals surface area contributed by atoms with Gasteiger partial charge < -0.3 is 5.11 Å². The highest BCUT2D eigenvalue weighted by Gasteiger charge is 2.46. The Kier molecular flexibility index (Phi) is 31.7. The predicted molar refractivity (Wildman–Crippen MR) is 205 cm³/mol. The van der Waals surface area contributed by atoms with E-state index in [1.165, 1.54) is 84.0 Å². The van der Waals surface area contributed by atoms with Crippen molar-refractivity contribution in [3.63, 3.8) is 0 Å². The molecule has 8 heteroatoms. The number of allylic oxidation sites excluding steroid dienone is 4. The fraction of sp³-hybridized carbons (Fsp3) is 0.854. The van der Waals surface area contributed by atoms with Gasteiger partial charge in [-0.15, -0.1) is 0 Å². The number of rotatable bonds is 37. The minimum atomic E-state index is -4.31. The van der Waals surface area contributed by atoms with Crippen LogP contribution in [0.1, 0.15) is 201 Å². The summed E-state index contributed by atoms with van der Waals surface area (Å²) in [5.41, 5.74) is -1.72. The summed E-state index contributed by atoms with van der Waals surface area (Å²) in [6, 6.07) is 0. The molecule has 0 aliphatic rings. The summed E-state index contributed by atoms with van der Waals surface area (Å²) in [6.07, 6.45) is 37.7. The van der Waals surface area contributed by atoms with Crippen LogP contribution in [-0.2, 0) is 28.4 Å². The van der Waals surface area contributed by atoms with Gasteiger partial charge in [0.1, 0.15) is 17.0 Å². The Labute approximate surface area is 302 Å². The number of Topliss-reactive ketones (excluding diaryl/α,β-unsaturated/α-hetero) is 2. The fourth-order valence-corrected chi connectivity index (χ4v) is 6.51. The van der Waals surface area contributed by atoms with Crippen LogP contribution >= 0.6 is 0 Å². The van der Waals surface area contributed by atoms with Gasteiger partial charge in [-0.1, -0.05) is 141 Å². The van der Waals surface area contributed by atoms with E-state index in [1.54, 1.807) is 0 Å². The molecule has 1 N–H and O–H groups in total. The second-order valence-electron chi connectivity index (χ2n) is 14.1. The number of aliphatic hydroxyl groups excluding tert-OH is 1. The Morgan fingerprint density at radius 1 is 0.571 bits per heavy atom. The van der Waals surface area contributed by atoms with Crippen LogP contribution in [0.15, 0.2) is 24.3 Å². The SMILES string of the molecule is CCCCCCCC/C=C\CCCCCCCC(=O)C(C)(C(=O)CCCCCCC/C=C\CCCCCCCC)C(O)COS(=O)(=O)OC. The molecular weight excluding hydrogens is 637 g/mol. The Bertz CT molecular complexity index is 905. The molecule has 288 valence electrons. The smallest absolute Gasteiger partial charge is 0.389 e. The molecule has 0 saturated heterocycles. The maximum atomic E-state index is 13.4. The van der Waals surface area contributed by atoms with Gasteiger partial charge in [0.15, 0.2) is 0 Å². The van der Waals surface area contributed by atoms with Gasteiger partial charge in [-0.05, 0) is 71.1 Å². The lowest BCUT2D eigenvalue weighted by Gasteiger charge is -2.31. The summed E-state index contributed by atoms with van der Waals surface area (Å²) < 4.78 is 32.4. The zero-order valence-electron chi connectivity index (χ0n) is 32.2. The van der Waals surface area contributed by atoms with Gasteiger partial charge in [0.05, 0.1) is 19.8 Å². The summed E-state index contributed by atoms with van der Waals surface area (Å²) >= 11 is 0. The second kappa shape index (κ2) is 32.6. The van der Waals surface area contributed by atoms with Crippen LogP contribution in [0.5, 0.6) is 0 Å². The number of unbranched alkanes of at least 4 members (excludes halogenated alkanes) is 22. The first kappa shape index (κ1) is 47.7. The molecule has 0 rings (SSSR count). The van der Waals surface area contributed by atoms with E-state index in [0.29, 0.717) is 12.8 Å². The van der Waals surface area contributed by atoms with E-state index in [1.807, 2.05) is 0 Å². The molecule has 1 unspecified atom stereocenters. The lowest BCUT2D eigenvalue weighted by molar-refractivity contribution is -0.149. The Hall–Kier alpha value is -1.35. The molecule has 0 amide bonds. The summed E-state index contributed by atoms with van der Waals surface area (Å²) in [7, 11) is -3.35. The van der Waals surface area contributed by atoms with Crippen molar-refractivity contribution in [2.75, 3.05) is 13.7 Å². The number of hydrogen-bond donors (Lipinski definition) is 1. The Balaban J connectivity index is 4.49. The Morgan fingerprint density at radius 3 is 1.20 bits per heavy atom. The van der Waals surface area contributed by atoms with Crippen LogP contribution in [0.2, 0.25) is 0 Å². The predicted octanol–water partition coefficient (Wildman–Crippen LogP) is 11.5. The van der Waals surface area contributed by atoms with Crippen molar-refractivity contribution in [2.24, 2.45) is 5.41 Å². The monoisotopic (exact) mass is 713 g/mol. The van der Waals surface area contributed by atoms with E-state index in [-0.39, 0.29) is 24.4 Å². The third kappa shape index (κ3) is 26.1. The first-order chi connectivity index (χ1) is 23.7. The average molecular weight is 713 g/mol. The van der Waals surface area contributed by atoms with Gasteiger partial charge >= 0.3 is 10.4 Å². The van der Waals surface area contributed by atoms with Crippen LogP contribution in [-0.4, -0.2) is 44.9 Å². The third-order valence-electron chi connectivity index (χ3n) is 9.73. The molecule has 0 bridgehead atoms. The number of hydrogen-bond acceptors (Lipinski definition) is 7. The largest absolute Gasteiger partial charge is 0.399 e. The fourth-order valence-electron chi connectivity index (χ4n) is 6.12. The minimum absolute atomic E-state index is 0.168. The quantitative estimate of drug-likeness (QED) is 0.0388. The zero-order chi connectivity index (χ0) is 36.5. The van der Waals surface area contributed by atoms with Gasteiger partial charge in [-0.3, -0.25) is 13.8 Å². The molecule has 0 aliphatic heterocycles. The molecule has 0 aromatic heterocycles. The second-order valence-corrected chi connectivity index (χ2v) is 15.5. The molecular formula is C41H76O7S. The van der Waals surface area contributed by atoms with E-state index in [9.17, 15) is 23.1 Å². The van der Waals surface area contributed by atoms with Crippen LogP contribution in [0.25, 0.3) is 0 Å². The molecule has 0 fully saturated rings. The third-order valence-corrected chi connectivity index (χ3v) is 10.6. The van der Waals surface area contributed by atoms with Gasteiger partial charge in [0.2, 0.25) is 0 Å². The lowest BCUT2D eigenvalue weighted by atomic mass is 9.73. The van der Waals surface area contributed by atoms with Crippen LogP contribution < -0.4 is 0 Å². The maximum absolute atomic E-state index is 13.4. The molecule has 0 heterocycles. The van der Waals surface area contributed by atoms with Crippen molar-refractivity contribution in [1.82, 2.24) is 0 Å². The van der Waals surface area contributed by atoms with E-state index in [2.05, 4.69) is 42.3 Å². The van der Waals surface area contributed by atoms with Crippen molar-refractivity contribution < 1.29 is 31.5 Å². The van der Waals surface area contributed by atoms with Crippen molar-refractivity contribution in [3.8, 4) is 0 Å². The molecule has 0 aromatic rings. The van der Waals surface area contributed by atoms with Crippen molar-refractivity contribution in [2.45, 2.75) is 207 Å². The van der Waals surface area contributed by atoms with E-state index in [0.717, 1.165) is 84.2 Å². The summed E-state index contributed by atoms with van der Waals surface area (Å²) in [6.45, 7) is 5.23. The number of aliphatic hydroxyl groups is 1. The standard InChI is InChI=1S/C41H76O7S/c1-5-7-9-11-13-15-17-19-21-23-25-27-29-31-33-35-38(42)41(3,40(44)37-48-49(45,46)47-4)39(43)36-34-32-30-28-26-24-22-20-18-16-14-12-10-8-6-2/h19-22,40,44H,5-18,23-37H2,1-4H3/b21-19-,22-20-. The molecule has 0 spiro atoms. The first-order valence-corrected chi connectivity index (χ1v) is 21.5. The maximum Gasteiger partial charge on any atom is 0.399 e. The van der Waals surface area contributed by atoms with Gasteiger partial charge in [0, 0.05) is 12.8 Å². The van der Waals surface area contributed by atoms with E-state index < -0.39 is 28.5 Å². The topological polar surface area (TPSA) is 107 Å². The van der Waals surface area contributed by atoms with Gasteiger partial charge in [-0.2, -0.15) is 8.42 Å². The van der Waals surface area contributed by atoms with Crippen LogP contribution in [0.3, 0.4) is 0 Å². The van der Waals surface area contributed by atoms with Crippen molar-refractivity contribution >= 4 is 22.0 Å². The molecule has 0 saturated carbocycles. The minimum Gasteiger partial charge on any atom is -0.389 e. The normalized spacial score (nSPS) is 13.2. The molecule has 49 heavy (non-hydrogen) atoms. The molecule has 0 radical (unpaired) electrons. The highest BCUT2D eigenvalue weighted by atomic mass is 32.3. The van der Waals surface area contributed by atoms with Gasteiger partial charge in [-0.25, -0.2) is 4.18 Å². The number of ketones is 2. The van der Waals surface area contributed by atoms with Crippen LogP contribution in [0, 0.1) is 5.41 Å². The molecule has 0 aliphatic carbocycles.